The Labute approximate surface area is 104 Å². The summed E-state index contributed by atoms with van der Waals surface area (Å²) in [5.41, 5.74) is 13.0. The number of anilines is 2. The normalized spacial score (nSPS) is 13.3. The number of benzene rings is 1. The Kier molecular flexibility index (Phi) is 2.40. The highest BCUT2D eigenvalue weighted by molar-refractivity contribution is 5.77. The molecule has 0 amide bonds. The summed E-state index contributed by atoms with van der Waals surface area (Å²) in [5, 5.41) is 7.50. The monoisotopic (exact) mass is 244 g/mol. The van der Waals surface area contributed by atoms with Gasteiger partial charge in [0.15, 0.2) is 17.3 Å². The SMILES string of the molecule is Nc1cc(-c2ccc3c(c2)OCCO3)c(N)nn1. The Morgan fingerprint density at radius 3 is 2.56 bits per heavy atom. The summed E-state index contributed by atoms with van der Waals surface area (Å²) in [7, 11) is 0. The lowest BCUT2D eigenvalue weighted by Crippen LogP contribution is -2.15. The van der Waals surface area contributed by atoms with Gasteiger partial charge in [-0.3, -0.25) is 0 Å². The predicted molar refractivity (Wildman–Crippen MR) is 67.3 cm³/mol. The maximum Gasteiger partial charge on any atom is 0.161 e. The number of hydrogen-bond donors (Lipinski definition) is 2. The number of nitrogen functional groups attached to an aromatic ring is 2. The first-order valence-corrected chi connectivity index (χ1v) is 5.53. The molecular formula is C12H12N4O2. The summed E-state index contributed by atoms with van der Waals surface area (Å²) in [6, 6.07) is 7.29. The van der Waals surface area contributed by atoms with E-state index in [0.29, 0.717) is 30.6 Å². The molecule has 0 spiro atoms. The van der Waals surface area contributed by atoms with Crippen LogP contribution in [0.25, 0.3) is 11.1 Å². The molecule has 3 rings (SSSR count). The second-order valence-corrected chi connectivity index (χ2v) is 3.93. The van der Waals surface area contributed by atoms with Gasteiger partial charge in [0.25, 0.3) is 0 Å². The second kappa shape index (κ2) is 4.06. The van der Waals surface area contributed by atoms with E-state index in [2.05, 4.69) is 10.2 Å². The van der Waals surface area contributed by atoms with Gasteiger partial charge in [-0.1, -0.05) is 6.07 Å². The zero-order chi connectivity index (χ0) is 12.5. The van der Waals surface area contributed by atoms with Gasteiger partial charge in [0, 0.05) is 5.56 Å². The zero-order valence-electron chi connectivity index (χ0n) is 9.59. The van der Waals surface area contributed by atoms with Crippen molar-refractivity contribution in [2.75, 3.05) is 24.7 Å². The third kappa shape index (κ3) is 1.77. The lowest BCUT2D eigenvalue weighted by molar-refractivity contribution is 0.171. The number of aromatic nitrogens is 2. The van der Waals surface area contributed by atoms with Crippen LogP contribution in [0.15, 0.2) is 24.3 Å². The molecule has 0 saturated heterocycles. The largest absolute Gasteiger partial charge is 0.486 e. The Morgan fingerprint density at radius 1 is 0.944 bits per heavy atom. The van der Waals surface area contributed by atoms with E-state index >= 15 is 0 Å². The Morgan fingerprint density at radius 2 is 1.72 bits per heavy atom. The van der Waals surface area contributed by atoms with Crippen LogP contribution in [0.4, 0.5) is 11.6 Å². The van der Waals surface area contributed by atoms with Crippen molar-refractivity contribution < 1.29 is 9.47 Å². The number of nitrogens with zero attached hydrogens (tertiary/aromatic N) is 2. The molecule has 1 aromatic carbocycles. The van der Waals surface area contributed by atoms with Crippen LogP contribution < -0.4 is 20.9 Å². The van der Waals surface area contributed by atoms with Gasteiger partial charge in [-0.25, -0.2) is 0 Å². The van der Waals surface area contributed by atoms with Crippen molar-refractivity contribution in [3.63, 3.8) is 0 Å². The van der Waals surface area contributed by atoms with E-state index in [0.717, 1.165) is 16.9 Å². The van der Waals surface area contributed by atoms with E-state index in [-0.39, 0.29) is 0 Å². The fourth-order valence-electron chi connectivity index (χ4n) is 1.86. The maximum atomic E-state index is 5.80. The summed E-state index contributed by atoms with van der Waals surface area (Å²) in [5.74, 6) is 2.10. The van der Waals surface area contributed by atoms with Crippen LogP contribution in [0, 0.1) is 0 Å². The molecule has 18 heavy (non-hydrogen) atoms. The number of ether oxygens (including phenoxy) is 2. The molecule has 1 aliphatic heterocycles. The first-order valence-electron chi connectivity index (χ1n) is 5.53. The van der Waals surface area contributed by atoms with Crippen molar-refractivity contribution in [3.8, 4) is 22.6 Å². The van der Waals surface area contributed by atoms with Crippen molar-refractivity contribution in [1.82, 2.24) is 10.2 Å². The van der Waals surface area contributed by atoms with Crippen molar-refractivity contribution >= 4 is 11.6 Å². The van der Waals surface area contributed by atoms with Gasteiger partial charge in [-0.2, -0.15) is 0 Å². The van der Waals surface area contributed by atoms with E-state index < -0.39 is 0 Å². The minimum Gasteiger partial charge on any atom is -0.486 e. The van der Waals surface area contributed by atoms with Gasteiger partial charge in [0.1, 0.15) is 19.0 Å². The highest BCUT2D eigenvalue weighted by Gasteiger charge is 2.14. The van der Waals surface area contributed by atoms with E-state index in [1.807, 2.05) is 18.2 Å². The first kappa shape index (κ1) is 10.6. The first-order chi connectivity index (χ1) is 8.74. The van der Waals surface area contributed by atoms with Crippen LogP contribution in [0.5, 0.6) is 11.5 Å². The van der Waals surface area contributed by atoms with Crippen LogP contribution in [-0.4, -0.2) is 23.4 Å². The van der Waals surface area contributed by atoms with Gasteiger partial charge in [0.05, 0.1) is 0 Å². The second-order valence-electron chi connectivity index (χ2n) is 3.93. The maximum absolute atomic E-state index is 5.80. The number of rotatable bonds is 1. The zero-order valence-corrected chi connectivity index (χ0v) is 9.59. The minimum absolute atomic E-state index is 0.328. The summed E-state index contributed by atoms with van der Waals surface area (Å²) in [6.45, 7) is 1.11. The molecule has 4 N–H and O–H groups in total. The van der Waals surface area contributed by atoms with Crippen LogP contribution in [-0.2, 0) is 0 Å². The Bertz CT molecular complexity index is 601. The van der Waals surface area contributed by atoms with Crippen LogP contribution >= 0.6 is 0 Å². The fourth-order valence-corrected chi connectivity index (χ4v) is 1.86. The van der Waals surface area contributed by atoms with Gasteiger partial charge in [0.2, 0.25) is 0 Å². The molecule has 6 heteroatoms. The number of nitrogens with two attached hydrogens (primary N) is 2. The van der Waals surface area contributed by atoms with E-state index in [4.69, 9.17) is 20.9 Å². The molecule has 92 valence electrons. The van der Waals surface area contributed by atoms with Crippen LogP contribution in [0.2, 0.25) is 0 Å². The molecule has 2 aromatic rings. The molecule has 0 aliphatic carbocycles. The molecule has 1 aliphatic rings. The average Bonchev–Trinajstić information content (AvgIpc) is 2.41. The Hall–Kier alpha value is -2.50. The van der Waals surface area contributed by atoms with Crippen molar-refractivity contribution in [1.29, 1.82) is 0 Å². The molecule has 0 atom stereocenters. The summed E-state index contributed by atoms with van der Waals surface area (Å²) >= 11 is 0. The summed E-state index contributed by atoms with van der Waals surface area (Å²) in [4.78, 5) is 0. The van der Waals surface area contributed by atoms with Crippen LogP contribution in [0.1, 0.15) is 0 Å². The van der Waals surface area contributed by atoms with Gasteiger partial charge < -0.3 is 20.9 Å². The average molecular weight is 244 g/mol. The van der Waals surface area contributed by atoms with Gasteiger partial charge >= 0.3 is 0 Å². The molecular weight excluding hydrogens is 232 g/mol. The highest BCUT2D eigenvalue weighted by atomic mass is 16.6. The standard InChI is InChI=1S/C12H12N4O2/c13-11-6-8(12(14)16-15-11)7-1-2-9-10(5-7)18-4-3-17-9/h1-2,5-6H,3-4H2,(H2,13,15)(H2,14,16). The third-order valence-electron chi connectivity index (χ3n) is 2.69. The molecule has 0 radical (unpaired) electrons. The molecule has 2 heterocycles. The van der Waals surface area contributed by atoms with Crippen LogP contribution in [0.3, 0.4) is 0 Å². The summed E-state index contributed by atoms with van der Waals surface area (Å²) in [6.07, 6.45) is 0. The fraction of sp³-hybridized carbons (Fsp3) is 0.167. The number of fused-ring (bicyclic) bond motifs is 1. The lowest BCUT2D eigenvalue weighted by atomic mass is 10.1. The molecule has 0 saturated carbocycles. The van der Waals surface area contributed by atoms with Crippen molar-refractivity contribution in [2.45, 2.75) is 0 Å². The lowest BCUT2D eigenvalue weighted by Gasteiger charge is -2.19. The minimum atomic E-state index is 0.328. The van der Waals surface area contributed by atoms with Gasteiger partial charge in [-0.15, -0.1) is 10.2 Å². The van der Waals surface area contributed by atoms with Crippen molar-refractivity contribution in [2.24, 2.45) is 0 Å². The van der Waals surface area contributed by atoms with Gasteiger partial charge in [-0.05, 0) is 23.8 Å². The summed E-state index contributed by atoms with van der Waals surface area (Å²) < 4.78 is 11.0. The molecule has 0 fully saturated rings. The molecule has 6 nitrogen and oxygen atoms in total. The smallest absolute Gasteiger partial charge is 0.161 e. The van der Waals surface area contributed by atoms with Crippen molar-refractivity contribution in [3.05, 3.63) is 24.3 Å². The number of hydrogen-bond acceptors (Lipinski definition) is 6. The third-order valence-corrected chi connectivity index (χ3v) is 2.69. The molecule has 0 bridgehead atoms. The van der Waals surface area contributed by atoms with E-state index in [1.165, 1.54) is 0 Å². The highest BCUT2D eigenvalue weighted by Crippen LogP contribution is 2.35. The molecule has 0 unspecified atom stereocenters. The topological polar surface area (TPSA) is 96.3 Å². The predicted octanol–water partition coefficient (Wildman–Crippen LogP) is 1.08. The van der Waals surface area contributed by atoms with E-state index in [9.17, 15) is 0 Å². The molecule has 1 aromatic heterocycles. The Balaban J connectivity index is 2.09. The van der Waals surface area contributed by atoms with E-state index in [1.54, 1.807) is 6.07 Å². The quantitative estimate of drug-likeness (QED) is 0.779.